The molecule has 1 aromatic heterocycles. The molecule has 9 heteroatoms. The molecule has 3 aromatic rings. The predicted octanol–water partition coefficient (Wildman–Crippen LogP) is 3.14. The molecule has 2 amide bonds. The van der Waals surface area contributed by atoms with E-state index in [0.717, 1.165) is 17.5 Å². The summed E-state index contributed by atoms with van der Waals surface area (Å²) in [5.74, 6) is -1.57. The molecule has 0 saturated heterocycles. The zero-order chi connectivity index (χ0) is 21.8. The van der Waals surface area contributed by atoms with Crippen molar-refractivity contribution in [3.63, 3.8) is 0 Å². The molecule has 1 aliphatic heterocycles. The molecular formula is C22H21N3O4S2. The van der Waals surface area contributed by atoms with Crippen molar-refractivity contribution in [2.24, 2.45) is 0 Å². The first-order chi connectivity index (χ1) is 14.9. The van der Waals surface area contributed by atoms with Crippen molar-refractivity contribution in [2.75, 3.05) is 16.2 Å². The van der Waals surface area contributed by atoms with E-state index in [2.05, 4.69) is 10.6 Å². The summed E-state index contributed by atoms with van der Waals surface area (Å²) in [4.78, 5) is 24.5. The Hall–Kier alpha value is -3.17. The summed E-state index contributed by atoms with van der Waals surface area (Å²) in [6.45, 7) is 0.603. The molecule has 160 valence electrons. The van der Waals surface area contributed by atoms with Crippen molar-refractivity contribution in [3.8, 4) is 0 Å². The van der Waals surface area contributed by atoms with Crippen LogP contribution in [0.1, 0.15) is 17.5 Å². The molecule has 0 spiro atoms. The Morgan fingerprint density at radius 2 is 1.81 bits per heavy atom. The lowest BCUT2D eigenvalue weighted by Gasteiger charge is -2.30. The van der Waals surface area contributed by atoms with Crippen LogP contribution in [0.4, 0.5) is 11.4 Å². The number of aryl methyl sites for hydroxylation is 1. The van der Waals surface area contributed by atoms with Crippen LogP contribution in [0.3, 0.4) is 0 Å². The smallest absolute Gasteiger partial charge is 0.313 e. The number of carbonyl (C=O) groups excluding carboxylic acids is 2. The van der Waals surface area contributed by atoms with Crippen molar-refractivity contribution in [2.45, 2.75) is 23.6 Å². The van der Waals surface area contributed by atoms with Crippen LogP contribution < -0.4 is 14.9 Å². The molecule has 0 radical (unpaired) electrons. The van der Waals surface area contributed by atoms with Gasteiger partial charge in [0.15, 0.2) is 0 Å². The number of hydrogen-bond acceptors (Lipinski definition) is 5. The molecular weight excluding hydrogens is 434 g/mol. The molecule has 2 N–H and O–H groups in total. The fourth-order valence-corrected chi connectivity index (χ4v) is 6.07. The molecule has 0 fully saturated rings. The van der Waals surface area contributed by atoms with Crippen LogP contribution >= 0.6 is 11.3 Å². The Morgan fingerprint density at radius 3 is 2.55 bits per heavy atom. The minimum atomic E-state index is -3.67. The molecule has 0 atom stereocenters. The summed E-state index contributed by atoms with van der Waals surface area (Å²) in [5.41, 5.74) is 2.67. The van der Waals surface area contributed by atoms with E-state index >= 15 is 0 Å². The Morgan fingerprint density at radius 1 is 1.00 bits per heavy atom. The second-order valence-electron chi connectivity index (χ2n) is 7.08. The average Bonchev–Trinajstić information content (AvgIpc) is 3.33. The Labute approximate surface area is 184 Å². The van der Waals surface area contributed by atoms with Crippen LogP contribution in [-0.2, 0) is 32.6 Å². The number of hydrogen-bond donors (Lipinski definition) is 2. The van der Waals surface area contributed by atoms with Gasteiger partial charge in [0.1, 0.15) is 4.21 Å². The number of fused-ring (bicyclic) bond motifs is 1. The van der Waals surface area contributed by atoms with Gasteiger partial charge in [0, 0.05) is 18.8 Å². The number of amides is 2. The van der Waals surface area contributed by atoms with E-state index in [1.807, 2.05) is 30.3 Å². The van der Waals surface area contributed by atoms with Gasteiger partial charge in [0.25, 0.3) is 10.0 Å². The average molecular weight is 456 g/mol. The maximum Gasteiger partial charge on any atom is 0.313 e. The van der Waals surface area contributed by atoms with E-state index in [1.165, 1.54) is 15.6 Å². The topological polar surface area (TPSA) is 95.6 Å². The maximum atomic E-state index is 13.1. The van der Waals surface area contributed by atoms with Gasteiger partial charge in [-0.15, -0.1) is 11.3 Å². The van der Waals surface area contributed by atoms with Crippen molar-refractivity contribution in [3.05, 3.63) is 77.2 Å². The quantitative estimate of drug-likeness (QED) is 0.578. The Balaban J connectivity index is 1.49. The fourth-order valence-electron chi connectivity index (χ4n) is 3.43. The van der Waals surface area contributed by atoms with Gasteiger partial charge in [0.2, 0.25) is 0 Å². The monoisotopic (exact) mass is 455 g/mol. The second kappa shape index (κ2) is 8.91. The third-order valence-electron chi connectivity index (χ3n) is 4.96. The van der Waals surface area contributed by atoms with Crippen LogP contribution in [0.5, 0.6) is 0 Å². The first kappa shape index (κ1) is 21.1. The maximum absolute atomic E-state index is 13.1. The normalized spacial score (nSPS) is 13.4. The number of thiophene rings is 1. The van der Waals surface area contributed by atoms with Crippen LogP contribution in [0.15, 0.2) is 70.3 Å². The van der Waals surface area contributed by atoms with E-state index < -0.39 is 21.8 Å². The molecule has 4 rings (SSSR count). The largest absolute Gasteiger partial charge is 0.344 e. The van der Waals surface area contributed by atoms with E-state index in [-0.39, 0.29) is 10.8 Å². The van der Waals surface area contributed by atoms with Crippen LogP contribution in [0.25, 0.3) is 0 Å². The minimum absolute atomic E-state index is 0.240. The minimum Gasteiger partial charge on any atom is -0.344 e. The van der Waals surface area contributed by atoms with E-state index in [0.29, 0.717) is 24.3 Å². The van der Waals surface area contributed by atoms with Gasteiger partial charge in [-0.05, 0) is 47.5 Å². The van der Waals surface area contributed by atoms with Gasteiger partial charge < -0.3 is 10.6 Å². The highest BCUT2D eigenvalue weighted by Crippen LogP contribution is 2.35. The lowest BCUT2D eigenvalue weighted by Crippen LogP contribution is -2.36. The van der Waals surface area contributed by atoms with Gasteiger partial charge in [-0.3, -0.25) is 13.9 Å². The zero-order valence-electron chi connectivity index (χ0n) is 16.6. The van der Waals surface area contributed by atoms with E-state index in [1.54, 1.807) is 35.7 Å². The van der Waals surface area contributed by atoms with Gasteiger partial charge in [-0.2, -0.15) is 0 Å². The number of anilines is 2. The zero-order valence-corrected chi connectivity index (χ0v) is 18.2. The molecule has 0 unspecified atom stereocenters. The predicted molar refractivity (Wildman–Crippen MR) is 121 cm³/mol. The van der Waals surface area contributed by atoms with Gasteiger partial charge in [-0.1, -0.05) is 42.5 Å². The van der Waals surface area contributed by atoms with E-state index in [4.69, 9.17) is 0 Å². The number of sulfonamides is 1. The van der Waals surface area contributed by atoms with Gasteiger partial charge in [-0.25, -0.2) is 8.42 Å². The number of benzene rings is 2. The lowest BCUT2D eigenvalue weighted by atomic mass is 10.0. The lowest BCUT2D eigenvalue weighted by molar-refractivity contribution is -0.136. The number of rotatable bonds is 5. The Bertz CT molecular complexity index is 1190. The van der Waals surface area contributed by atoms with Crippen LogP contribution in [0, 0.1) is 0 Å². The van der Waals surface area contributed by atoms with Gasteiger partial charge >= 0.3 is 11.8 Å². The molecule has 0 aliphatic carbocycles. The summed E-state index contributed by atoms with van der Waals surface area (Å²) in [6.07, 6.45) is 1.46. The van der Waals surface area contributed by atoms with Crippen LogP contribution in [-0.4, -0.2) is 26.8 Å². The van der Waals surface area contributed by atoms with Crippen LogP contribution in [0.2, 0.25) is 0 Å². The second-order valence-corrected chi connectivity index (χ2v) is 10.1. The number of nitrogens with zero attached hydrogens (tertiary/aromatic N) is 1. The highest BCUT2D eigenvalue weighted by molar-refractivity contribution is 7.94. The summed E-state index contributed by atoms with van der Waals surface area (Å²) in [5, 5.41) is 6.87. The summed E-state index contributed by atoms with van der Waals surface area (Å²) >= 11 is 1.17. The first-order valence-corrected chi connectivity index (χ1v) is 12.1. The third-order valence-corrected chi connectivity index (χ3v) is 8.15. The molecule has 0 bridgehead atoms. The summed E-state index contributed by atoms with van der Waals surface area (Å²) in [7, 11) is -3.67. The SMILES string of the molecule is O=C(NCc1ccccc1)C(=O)Nc1ccc2c(c1)N(S(=O)(=O)c1cccs1)CCC2. The first-order valence-electron chi connectivity index (χ1n) is 9.77. The number of nitrogens with one attached hydrogen (secondary N) is 2. The van der Waals surface area contributed by atoms with Crippen molar-refractivity contribution in [1.82, 2.24) is 5.32 Å². The fraction of sp³-hybridized carbons (Fsp3) is 0.182. The van der Waals surface area contributed by atoms with E-state index in [9.17, 15) is 18.0 Å². The van der Waals surface area contributed by atoms with Crippen molar-refractivity contribution < 1.29 is 18.0 Å². The molecule has 1 aliphatic rings. The highest BCUT2D eigenvalue weighted by atomic mass is 32.2. The summed E-state index contributed by atoms with van der Waals surface area (Å²) in [6, 6.07) is 17.7. The standard InChI is InChI=1S/C22H21N3O4S2/c26-21(23-15-16-6-2-1-3-7-16)22(27)24-18-11-10-17-8-4-12-25(19(17)14-18)31(28,29)20-9-5-13-30-20/h1-3,5-7,9-11,13-14H,4,8,12,15H2,(H,23,26)(H,24,27). The van der Waals surface area contributed by atoms with Crippen molar-refractivity contribution in [1.29, 1.82) is 0 Å². The number of carbonyl (C=O) groups is 2. The van der Waals surface area contributed by atoms with Crippen molar-refractivity contribution >= 4 is 44.5 Å². The highest BCUT2D eigenvalue weighted by Gasteiger charge is 2.30. The third kappa shape index (κ3) is 4.62. The Kier molecular flexibility index (Phi) is 6.06. The summed E-state index contributed by atoms with van der Waals surface area (Å²) < 4.78 is 27.8. The molecule has 31 heavy (non-hydrogen) atoms. The molecule has 0 saturated carbocycles. The molecule has 2 aromatic carbocycles. The van der Waals surface area contributed by atoms with Gasteiger partial charge in [0.05, 0.1) is 5.69 Å². The molecule has 7 nitrogen and oxygen atoms in total. The molecule has 2 heterocycles.